The summed E-state index contributed by atoms with van der Waals surface area (Å²) < 4.78 is 5.56. The number of hydrogen-bond donors (Lipinski definition) is 6. The van der Waals surface area contributed by atoms with Gasteiger partial charge in [0.15, 0.2) is 5.96 Å². The highest BCUT2D eigenvalue weighted by atomic mass is 16.5. The number of carboxylic acid groups (broad SMARTS) is 1. The number of rotatable bonds is 10. The number of hydrogen-bond acceptors (Lipinski definition) is 8. The van der Waals surface area contributed by atoms with Crippen LogP contribution in [0.1, 0.15) is 44.0 Å². The summed E-state index contributed by atoms with van der Waals surface area (Å²) in [5.74, 6) is -1.56. The van der Waals surface area contributed by atoms with Crippen LogP contribution in [0.3, 0.4) is 0 Å². The summed E-state index contributed by atoms with van der Waals surface area (Å²) in [5, 5.41) is 30.6. The topological polar surface area (TPSA) is 161 Å². The van der Waals surface area contributed by atoms with Gasteiger partial charge in [-0.15, -0.1) is 0 Å². The van der Waals surface area contributed by atoms with Crippen LogP contribution in [0.25, 0.3) is 0 Å². The Bertz CT molecular complexity index is 881. The highest BCUT2D eigenvalue weighted by Crippen LogP contribution is 2.23. The van der Waals surface area contributed by atoms with Crippen molar-refractivity contribution in [3.05, 3.63) is 23.8 Å². The van der Waals surface area contributed by atoms with Crippen molar-refractivity contribution in [2.45, 2.75) is 39.7 Å². The first-order valence-corrected chi connectivity index (χ1v) is 10.8. The summed E-state index contributed by atoms with van der Waals surface area (Å²) in [6, 6.07) is 2.94. The zero-order chi connectivity index (χ0) is 24.4. The molecule has 0 spiro atoms. The molecule has 11 nitrogen and oxygen atoms in total. The molecule has 33 heavy (non-hydrogen) atoms. The molecule has 0 radical (unpaired) electrons. The second-order valence-electron chi connectivity index (χ2n) is 8.87. The summed E-state index contributed by atoms with van der Waals surface area (Å²) >= 11 is 0. The Balaban J connectivity index is 1.83. The number of benzene rings is 1. The predicted molar refractivity (Wildman–Crippen MR) is 122 cm³/mol. The predicted octanol–water partition coefficient (Wildman–Crippen LogP) is 0.445. The van der Waals surface area contributed by atoms with Crippen molar-refractivity contribution in [2.75, 3.05) is 32.8 Å². The number of aromatic hydroxyl groups is 1. The number of aliphatic imine (C=N–C) groups is 1. The summed E-state index contributed by atoms with van der Waals surface area (Å²) in [5.41, 5.74) is -0.338. The Kier molecular flexibility index (Phi) is 9.31. The molecule has 0 saturated heterocycles. The second kappa shape index (κ2) is 11.9. The number of nitrogens with zero attached hydrogens (tertiary/aromatic N) is 1. The lowest BCUT2D eigenvalue weighted by Crippen LogP contribution is -2.49. The Morgan fingerprint density at radius 3 is 2.64 bits per heavy atom. The lowest BCUT2D eigenvalue weighted by Gasteiger charge is -2.20. The summed E-state index contributed by atoms with van der Waals surface area (Å²) in [4.78, 5) is 40.2. The molecule has 11 heteroatoms. The van der Waals surface area contributed by atoms with Crippen molar-refractivity contribution in [3.8, 4) is 11.5 Å². The van der Waals surface area contributed by atoms with Crippen molar-refractivity contribution < 1.29 is 29.3 Å². The summed E-state index contributed by atoms with van der Waals surface area (Å²) in [7, 11) is 0. The number of ether oxygens (including phenoxy) is 1. The first-order chi connectivity index (χ1) is 15.5. The average Bonchev–Trinajstić information content (AvgIpc) is 2.73. The lowest BCUT2D eigenvalue weighted by atomic mass is 9.92. The number of phenols is 1. The van der Waals surface area contributed by atoms with Gasteiger partial charge in [0.05, 0.1) is 12.1 Å². The molecule has 1 heterocycles. The van der Waals surface area contributed by atoms with E-state index in [1.165, 1.54) is 18.2 Å². The number of carboxylic acids is 1. The lowest BCUT2D eigenvalue weighted by molar-refractivity contribution is -0.141. The van der Waals surface area contributed by atoms with E-state index in [1.54, 1.807) is 0 Å². The Hall–Kier alpha value is -3.50. The monoisotopic (exact) mass is 463 g/mol. The number of guanidine groups is 1. The van der Waals surface area contributed by atoms with Crippen molar-refractivity contribution in [1.29, 1.82) is 0 Å². The molecule has 2 amide bonds. The Labute approximate surface area is 193 Å². The van der Waals surface area contributed by atoms with Gasteiger partial charge in [0.2, 0.25) is 5.91 Å². The minimum Gasteiger partial charge on any atom is -0.507 e. The first-order valence-electron chi connectivity index (χ1n) is 10.8. The van der Waals surface area contributed by atoms with E-state index < -0.39 is 23.8 Å². The third kappa shape index (κ3) is 9.26. The zero-order valence-electron chi connectivity index (χ0n) is 19.2. The van der Waals surface area contributed by atoms with Gasteiger partial charge < -0.3 is 36.2 Å². The molecule has 1 aromatic carbocycles. The van der Waals surface area contributed by atoms with E-state index in [9.17, 15) is 24.6 Å². The number of nitrogens with one attached hydrogen (secondary N) is 4. The highest BCUT2D eigenvalue weighted by Gasteiger charge is 2.24. The number of amides is 2. The van der Waals surface area contributed by atoms with E-state index in [0.29, 0.717) is 18.9 Å². The van der Waals surface area contributed by atoms with Gasteiger partial charge in [-0.1, -0.05) is 20.8 Å². The summed E-state index contributed by atoms with van der Waals surface area (Å²) in [6.07, 6.45) is 1.15. The van der Waals surface area contributed by atoms with E-state index >= 15 is 0 Å². The molecular formula is C22H33N5O6. The molecular weight excluding hydrogens is 430 g/mol. The highest BCUT2D eigenvalue weighted by molar-refractivity contribution is 5.97. The van der Waals surface area contributed by atoms with Gasteiger partial charge >= 0.3 is 5.97 Å². The molecule has 0 unspecified atom stereocenters. The first kappa shape index (κ1) is 25.8. The van der Waals surface area contributed by atoms with Crippen LogP contribution in [0.15, 0.2) is 23.2 Å². The standard InChI is InChI=1S/C22H33N5O6/c1-22(2,3)12-18(29)27-16(20(31)32)13-26-19(30)15-6-5-14(11-17(15)28)33-10-9-25-21-23-7-4-8-24-21/h5-6,11,16,28H,4,7-10,12-13H2,1-3H3,(H,26,30)(H,27,29)(H,31,32)(H2,23,24,25)/t16-/m0/s1. The normalized spacial score (nSPS) is 14.3. The number of carbonyl (C=O) groups excluding carboxylic acids is 2. The van der Waals surface area contributed by atoms with Crippen LogP contribution in [-0.2, 0) is 9.59 Å². The molecule has 0 aliphatic carbocycles. The van der Waals surface area contributed by atoms with Crippen LogP contribution < -0.4 is 26.0 Å². The molecule has 0 saturated carbocycles. The molecule has 2 rings (SSSR count). The van der Waals surface area contributed by atoms with Crippen LogP contribution in [0, 0.1) is 5.41 Å². The van der Waals surface area contributed by atoms with Gasteiger partial charge in [-0.3, -0.25) is 14.6 Å². The minimum atomic E-state index is -1.29. The third-order valence-electron chi connectivity index (χ3n) is 4.57. The van der Waals surface area contributed by atoms with E-state index in [0.717, 1.165) is 25.5 Å². The maximum atomic E-state index is 12.4. The fourth-order valence-corrected chi connectivity index (χ4v) is 3.00. The Morgan fingerprint density at radius 2 is 2.03 bits per heavy atom. The molecule has 1 aliphatic rings. The molecule has 0 bridgehead atoms. The molecule has 0 fully saturated rings. The second-order valence-corrected chi connectivity index (χ2v) is 8.87. The van der Waals surface area contributed by atoms with Crippen LogP contribution in [0.4, 0.5) is 0 Å². The van der Waals surface area contributed by atoms with Gasteiger partial charge in [0, 0.05) is 32.1 Å². The molecule has 6 N–H and O–H groups in total. The van der Waals surface area contributed by atoms with Crippen LogP contribution >= 0.6 is 0 Å². The number of carbonyl (C=O) groups is 3. The van der Waals surface area contributed by atoms with Gasteiger partial charge in [0.1, 0.15) is 24.1 Å². The van der Waals surface area contributed by atoms with E-state index in [-0.39, 0.29) is 29.7 Å². The smallest absolute Gasteiger partial charge is 0.328 e. The SMILES string of the molecule is CC(C)(C)CC(=O)N[C@@H](CNC(=O)c1ccc(OCCNC2=NCCCN2)cc1O)C(=O)O. The largest absolute Gasteiger partial charge is 0.507 e. The zero-order valence-corrected chi connectivity index (χ0v) is 19.2. The number of aliphatic carboxylic acids is 1. The molecule has 182 valence electrons. The fraction of sp³-hybridized carbons (Fsp3) is 0.545. The maximum Gasteiger partial charge on any atom is 0.328 e. The van der Waals surface area contributed by atoms with Gasteiger partial charge in [-0.05, 0) is 24.0 Å². The van der Waals surface area contributed by atoms with Crippen molar-refractivity contribution in [1.82, 2.24) is 21.3 Å². The molecule has 0 aromatic heterocycles. The fourth-order valence-electron chi connectivity index (χ4n) is 3.00. The van der Waals surface area contributed by atoms with Crippen LogP contribution in [-0.4, -0.2) is 72.8 Å². The molecule has 1 aromatic rings. The van der Waals surface area contributed by atoms with Crippen LogP contribution in [0.2, 0.25) is 0 Å². The van der Waals surface area contributed by atoms with Gasteiger partial charge in [-0.2, -0.15) is 0 Å². The maximum absolute atomic E-state index is 12.4. The quantitative estimate of drug-likeness (QED) is 0.273. The summed E-state index contributed by atoms with van der Waals surface area (Å²) in [6.45, 7) is 7.74. The van der Waals surface area contributed by atoms with E-state index in [2.05, 4.69) is 26.3 Å². The third-order valence-corrected chi connectivity index (χ3v) is 4.57. The number of phenolic OH excluding ortho intramolecular Hbond substituents is 1. The molecule has 1 atom stereocenters. The van der Waals surface area contributed by atoms with E-state index in [1.807, 2.05) is 20.8 Å². The van der Waals surface area contributed by atoms with Gasteiger partial charge in [-0.25, -0.2) is 4.79 Å². The minimum absolute atomic E-state index is 0.0357. The molecule has 1 aliphatic heterocycles. The van der Waals surface area contributed by atoms with Crippen molar-refractivity contribution in [2.24, 2.45) is 10.4 Å². The average molecular weight is 464 g/mol. The van der Waals surface area contributed by atoms with Crippen molar-refractivity contribution in [3.63, 3.8) is 0 Å². The van der Waals surface area contributed by atoms with Gasteiger partial charge in [0.25, 0.3) is 5.91 Å². The van der Waals surface area contributed by atoms with Crippen molar-refractivity contribution >= 4 is 23.7 Å². The van der Waals surface area contributed by atoms with E-state index in [4.69, 9.17) is 4.74 Å². The van der Waals surface area contributed by atoms with Crippen LogP contribution in [0.5, 0.6) is 11.5 Å². The Morgan fingerprint density at radius 1 is 1.27 bits per heavy atom.